The maximum Gasteiger partial charge on any atom is 0.145 e. The Kier molecular flexibility index (Phi) is 9.23. The van der Waals surface area contributed by atoms with Crippen molar-refractivity contribution in [3.8, 4) is 39.3 Å². The van der Waals surface area contributed by atoms with Crippen LogP contribution in [0.3, 0.4) is 0 Å². The Hall–Kier alpha value is -7.36. The van der Waals surface area contributed by atoms with E-state index < -0.39 is 0 Å². The number of imidazole rings is 1. The Bertz CT molecular complexity index is 3270. The molecule has 292 valence electrons. The molecule has 0 N–H and O–H groups in total. The molecule has 1 aliphatic heterocycles. The van der Waals surface area contributed by atoms with Crippen molar-refractivity contribution in [3.05, 3.63) is 222 Å². The Morgan fingerprint density at radius 1 is 0.508 bits per heavy atom. The van der Waals surface area contributed by atoms with Gasteiger partial charge in [0.05, 0.1) is 16.7 Å². The van der Waals surface area contributed by atoms with Crippen molar-refractivity contribution in [2.75, 3.05) is 0 Å². The molecule has 0 saturated carbocycles. The maximum absolute atomic E-state index is 5.25. The molecule has 3 nitrogen and oxygen atoms in total. The van der Waals surface area contributed by atoms with E-state index in [-0.39, 0.29) is 0 Å². The smallest absolute Gasteiger partial charge is 0.145 e. The van der Waals surface area contributed by atoms with Gasteiger partial charge in [-0.15, -0.1) is 0 Å². The van der Waals surface area contributed by atoms with E-state index in [4.69, 9.17) is 9.98 Å². The number of aryl methyl sites for hydroxylation is 3. The summed E-state index contributed by atoms with van der Waals surface area (Å²) in [6.45, 7) is 4.30. The van der Waals surface area contributed by atoms with Crippen LogP contribution >= 0.6 is 0 Å². The van der Waals surface area contributed by atoms with Crippen LogP contribution in [0.15, 0.2) is 199 Å². The van der Waals surface area contributed by atoms with Crippen molar-refractivity contribution in [3.63, 3.8) is 0 Å². The van der Waals surface area contributed by atoms with Gasteiger partial charge in [0.1, 0.15) is 5.82 Å². The second-order valence-electron chi connectivity index (χ2n) is 16.6. The highest BCUT2D eigenvalue weighted by molar-refractivity contribution is 6.22. The van der Waals surface area contributed by atoms with Crippen molar-refractivity contribution in [2.24, 2.45) is 4.99 Å². The minimum atomic E-state index is 0.381. The first kappa shape index (κ1) is 36.7. The van der Waals surface area contributed by atoms with Gasteiger partial charge in [-0.1, -0.05) is 164 Å². The molecule has 1 aromatic heterocycles. The van der Waals surface area contributed by atoms with Crippen molar-refractivity contribution < 1.29 is 0 Å². The fourth-order valence-electron chi connectivity index (χ4n) is 9.66. The van der Waals surface area contributed by atoms with Crippen LogP contribution in [0.25, 0.3) is 71.9 Å². The van der Waals surface area contributed by atoms with Crippen LogP contribution < -0.4 is 0 Å². The molecule has 0 bridgehead atoms. The second-order valence-corrected chi connectivity index (χ2v) is 16.6. The van der Waals surface area contributed by atoms with Gasteiger partial charge in [-0.2, -0.15) is 0 Å². The summed E-state index contributed by atoms with van der Waals surface area (Å²) in [5.74, 6) is 1.32. The molecule has 10 aromatic rings. The quantitative estimate of drug-likeness (QED) is 0.141. The maximum atomic E-state index is 5.25. The Morgan fingerprint density at radius 2 is 1.08 bits per heavy atom. The lowest BCUT2D eigenvalue weighted by Crippen LogP contribution is -2.14. The fraction of sp³-hybridized carbons (Fsp3) is 0.103. The standard InChI is InChI=1S/C58H45N3/c1-38-23-29-47-45(36-52(59-53(47)33-38)41-15-7-3-8-16-41)27-25-40-26-30-48-50(35-40)56(42-17-9-4-10-18-42)49-31-28-46(37-51(49)57(48)43-19-11-5-12-20-43)61-55-32-24-39(2)34-54(55)60-58(61)44-21-13-6-14-22-44/h3-24,26,28-35,37,45H,25,27,36H2,1-2H3/t45-/m0/s1. The highest BCUT2D eigenvalue weighted by Gasteiger charge is 2.25. The lowest BCUT2D eigenvalue weighted by Gasteiger charge is -2.26. The predicted molar refractivity (Wildman–Crippen MR) is 257 cm³/mol. The van der Waals surface area contributed by atoms with Crippen molar-refractivity contribution in [1.82, 2.24) is 9.55 Å². The molecule has 0 amide bonds. The highest BCUT2D eigenvalue weighted by atomic mass is 15.1. The average molecular weight is 784 g/mol. The minimum Gasteiger partial charge on any atom is -0.292 e. The van der Waals surface area contributed by atoms with Crippen LogP contribution in [-0.4, -0.2) is 15.3 Å². The topological polar surface area (TPSA) is 30.2 Å². The summed E-state index contributed by atoms with van der Waals surface area (Å²) in [5.41, 5.74) is 17.9. The van der Waals surface area contributed by atoms with Crippen LogP contribution in [0, 0.1) is 13.8 Å². The number of hydrogen-bond acceptors (Lipinski definition) is 2. The second kappa shape index (κ2) is 15.3. The number of fused-ring (bicyclic) bond motifs is 4. The van der Waals surface area contributed by atoms with Crippen molar-refractivity contribution in [2.45, 2.75) is 39.0 Å². The average Bonchev–Trinajstić information content (AvgIpc) is 3.69. The summed E-state index contributed by atoms with van der Waals surface area (Å²) in [6, 6.07) is 70.9. The molecule has 0 spiro atoms. The number of benzene rings is 9. The SMILES string of the molecule is Cc1ccc2c(c1)N=C(c1ccccc1)C[C@@H]2CCc1ccc2c(-c3ccccc3)c3cc(-n4c(-c5ccccc5)nc5cc(C)ccc54)ccc3c(-c3ccccc3)c2c1. The summed E-state index contributed by atoms with van der Waals surface area (Å²) in [4.78, 5) is 10.5. The molecule has 11 rings (SSSR count). The summed E-state index contributed by atoms with van der Waals surface area (Å²) >= 11 is 0. The van der Waals surface area contributed by atoms with E-state index in [2.05, 4.69) is 213 Å². The molecule has 3 heteroatoms. The first-order valence-electron chi connectivity index (χ1n) is 21.5. The van der Waals surface area contributed by atoms with Gasteiger partial charge >= 0.3 is 0 Å². The summed E-state index contributed by atoms with van der Waals surface area (Å²) in [6.07, 6.45) is 2.95. The van der Waals surface area contributed by atoms with Crippen LogP contribution in [0.1, 0.15) is 46.6 Å². The normalized spacial score (nSPS) is 13.7. The molecule has 0 fully saturated rings. The Labute approximate surface area is 357 Å². The van der Waals surface area contributed by atoms with Gasteiger partial charge in [0, 0.05) is 17.0 Å². The molecule has 2 heterocycles. The molecule has 61 heavy (non-hydrogen) atoms. The van der Waals surface area contributed by atoms with Gasteiger partial charge in [-0.3, -0.25) is 9.56 Å². The number of aliphatic imine (C=N–C) groups is 1. The lowest BCUT2D eigenvalue weighted by atomic mass is 9.82. The zero-order valence-electron chi connectivity index (χ0n) is 34.5. The van der Waals surface area contributed by atoms with E-state index in [1.165, 1.54) is 77.3 Å². The largest absolute Gasteiger partial charge is 0.292 e. The first-order valence-corrected chi connectivity index (χ1v) is 21.5. The van der Waals surface area contributed by atoms with E-state index in [9.17, 15) is 0 Å². The van der Waals surface area contributed by atoms with Gasteiger partial charge in [0.15, 0.2) is 0 Å². The van der Waals surface area contributed by atoms with Crippen LogP contribution in [0.2, 0.25) is 0 Å². The summed E-state index contributed by atoms with van der Waals surface area (Å²) in [7, 11) is 0. The van der Waals surface area contributed by atoms with Crippen LogP contribution in [-0.2, 0) is 6.42 Å². The Balaban J connectivity index is 1.09. The molecule has 9 aromatic carbocycles. The zero-order chi connectivity index (χ0) is 40.9. The van der Waals surface area contributed by atoms with Gasteiger partial charge in [-0.25, -0.2) is 4.98 Å². The van der Waals surface area contributed by atoms with Gasteiger partial charge in [0.25, 0.3) is 0 Å². The molecular formula is C58H45N3. The van der Waals surface area contributed by atoms with E-state index in [0.29, 0.717) is 5.92 Å². The third-order valence-electron chi connectivity index (χ3n) is 12.6. The van der Waals surface area contributed by atoms with E-state index >= 15 is 0 Å². The van der Waals surface area contributed by atoms with Crippen LogP contribution in [0.4, 0.5) is 5.69 Å². The number of nitrogens with zero attached hydrogens (tertiary/aromatic N) is 3. The fourth-order valence-corrected chi connectivity index (χ4v) is 9.66. The summed E-state index contributed by atoms with van der Waals surface area (Å²) < 4.78 is 2.34. The van der Waals surface area contributed by atoms with E-state index in [1.54, 1.807) is 0 Å². The minimum absolute atomic E-state index is 0.381. The molecule has 1 aliphatic rings. The molecule has 0 radical (unpaired) electrons. The number of aromatic nitrogens is 2. The number of hydrogen-bond donors (Lipinski definition) is 0. The highest BCUT2D eigenvalue weighted by Crippen LogP contribution is 2.46. The zero-order valence-corrected chi connectivity index (χ0v) is 34.5. The molecule has 0 unspecified atom stereocenters. The van der Waals surface area contributed by atoms with Gasteiger partial charge in [0.2, 0.25) is 0 Å². The molecular weight excluding hydrogens is 739 g/mol. The summed E-state index contributed by atoms with van der Waals surface area (Å²) in [5, 5.41) is 4.99. The number of rotatable bonds is 8. The monoisotopic (exact) mass is 783 g/mol. The third kappa shape index (κ3) is 6.73. The van der Waals surface area contributed by atoms with Crippen LogP contribution in [0.5, 0.6) is 0 Å². The molecule has 1 atom stereocenters. The van der Waals surface area contributed by atoms with E-state index in [0.717, 1.165) is 53.1 Å². The van der Waals surface area contributed by atoms with Crippen molar-refractivity contribution >= 4 is 44.0 Å². The predicted octanol–water partition coefficient (Wildman–Crippen LogP) is 15.2. The van der Waals surface area contributed by atoms with E-state index in [1.807, 2.05) is 0 Å². The lowest BCUT2D eigenvalue weighted by molar-refractivity contribution is 0.640. The third-order valence-corrected chi connectivity index (χ3v) is 12.6. The Morgan fingerprint density at radius 3 is 1.75 bits per heavy atom. The van der Waals surface area contributed by atoms with Crippen molar-refractivity contribution in [1.29, 1.82) is 0 Å². The first-order chi connectivity index (χ1) is 30.1. The van der Waals surface area contributed by atoms with Gasteiger partial charge in [-0.05, 0) is 141 Å². The van der Waals surface area contributed by atoms with Gasteiger partial charge < -0.3 is 0 Å². The molecule has 0 saturated heterocycles. The molecule has 0 aliphatic carbocycles.